The van der Waals surface area contributed by atoms with Crippen molar-refractivity contribution in [3.8, 4) is 5.75 Å². The summed E-state index contributed by atoms with van der Waals surface area (Å²) in [6.07, 6.45) is 2.78. The zero-order chi connectivity index (χ0) is 19.4. The predicted octanol–water partition coefficient (Wildman–Crippen LogP) is 0.951. The molecule has 9 heteroatoms. The van der Waals surface area contributed by atoms with E-state index in [2.05, 4.69) is 10.2 Å². The monoisotopic (exact) mass is 396 g/mol. The number of rotatable bonds is 4. The number of hydrogen-bond acceptors (Lipinski definition) is 5. The number of piperidine rings is 1. The lowest BCUT2D eigenvalue weighted by atomic mass is 10.1. The Morgan fingerprint density at radius 2 is 1.85 bits per heavy atom. The number of urea groups is 1. The third-order valence-electron chi connectivity index (χ3n) is 5.17. The van der Waals surface area contributed by atoms with Crippen LogP contribution in [0.1, 0.15) is 12.8 Å². The first-order chi connectivity index (χ1) is 12.9. The summed E-state index contributed by atoms with van der Waals surface area (Å²) in [4.78, 5) is 16.6. The van der Waals surface area contributed by atoms with Crippen LogP contribution in [0.25, 0.3) is 0 Å². The van der Waals surface area contributed by atoms with Crippen LogP contribution in [0.15, 0.2) is 24.3 Å². The maximum absolute atomic E-state index is 12.6. The smallest absolute Gasteiger partial charge is 0.317 e. The fourth-order valence-corrected chi connectivity index (χ4v) is 4.58. The second-order valence-corrected chi connectivity index (χ2v) is 9.04. The highest BCUT2D eigenvalue weighted by molar-refractivity contribution is 7.88. The van der Waals surface area contributed by atoms with Crippen LogP contribution < -0.4 is 15.0 Å². The SMILES string of the molecule is COc1ccccc1N1CCN(C(=O)NC2CCCN(S(C)(=O)=O)C2)CC1. The summed E-state index contributed by atoms with van der Waals surface area (Å²) in [6.45, 7) is 3.58. The number of nitrogens with one attached hydrogen (secondary N) is 1. The Balaban J connectivity index is 1.53. The van der Waals surface area contributed by atoms with E-state index < -0.39 is 10.0 Å². The van der Waals surface area contributed by atoms with Gasteiger partial charge in [-0.3, -0.25) is 0 Å². The molecule has 27 heavy (non-hydrogen) atoms. The Bertz CT molecular complexity index is 762. The molecule has 1 aromatic carbocycles. The van der Waals surface area contributed by atoms with E-state index >= 15 is 0 Å². The molecule has 2 saturated heterocycles. The number of anilines is 1. The molecule has 150 valence electrons. The number of methoxy groups -OCH3 is 1. The van der Waals surface area contributed by atoms with Gasteiger partial charge in [0, 0.05) is 45.3 Å². The molecule has 2 aliphatic rings. The summed E-state index contributed by atoms with van der Waals surface area (Å²) < 4.78 is 30.3. The van der Waals surface area contributed by atoms with E-state index in [9.17, 15) is 13.2 Å². The van der Waals surface area contributed by atoms with Gasteiger partial charge in [-0.15, -0.1) is 0 Å². The van der Waals surface area contributed by atoms with Crippen LogP contribution in [-0.2, 0) is 10.0 Å². The molecular weight excluding hydrogens is 368 g/mol. The zero-order valence-corrected chi connectivity index (χ0v) is 16.7. The second-order valence-electron chi connectivity index (χ2n) is 7.06. The molecule has 1 aromatic rings. The molecule has 1 N–H and O–H groups in total. The molecule has 1 unspecified atom stereocenters. The van der Waals surface area contributed by atoms with Crippen molar-refractivity contribution in [3.05, 3.63) is 24.3 Å². The van der Waals surface area contributed by atoms with Gasteiger partial charge in [-0.05, 0) is 25.0 Å². The van der Waals surface area contributed by atoms with Crippen molar-refractivity contribution in [3.63, 3.8) is 0 Å². The van der Waals surface area contributed by atoms with Crippen molar-refractivity contribution < 1.29 is 17.9 Å². The average Bonchev–Trinajstić information content (AvgIpc) is 2.67. The van der Waals surface area contributed by atoms with Gasteiger partial charge < -0.3 is 19.9 Å². The van der Waals surface area contributed by atoms with E-state index in [1.165, 1.54) is 10.6 Å². The van der Waals surface area contributed by atoms with E-state index in [0.29, 0.717) is 26.2 Å². The van der Waals surface area contributed by atoms with Gasteiger partial charge in [-0.2, -0.15) is 0 Å². The molecule has 0 radical (unpaired) electrons. The van der Waals surface area contributed by atoms with Gasteiger partial charge in [0.05, 0.1) is 19.1 Å². The van der Waals surface area contributed by atoms with Crippen LogP contribution >= 0.6 is 0 Å². The lowest BCUT2D eigenvalue weighted by Crippen LogP contribution is -2.56. The topological polar surface area (TPSA) is 82.2 Å². The molecule has 8 nitrogen and oxygen atoms in total. The number of para-hydroxylation sites is 2. The van der Waals surface area contributed by atoms with E-state index in [0.717, 1.165) is 37.4 Å². The molecule has 2 aliphatic heterocycles. The zero-order valence-electron chi connectivity index (χ0n) is 15.9. The second kappa shape index (κ2) is 8.35. The fraction of sp³-hybridized carbons (Fsp3) is 0.611. The third kappa shape index (κ3) is 4.84. The summed E-state index contributed by atoms with van der Waals surface area (Å²) in [5, 5.41) is 3.01. The first-order valence-corrected chi connectivity index (χ1v) is 11.1. The average molecular weight is 397 g/mol. The number of hydrogen-bond donors (Lipinski definition) is 1. The number of nitrogens with zero attached hydrogens (tertiary/aromatic N) is 3. The van der Waals surface area contributed by atoms with Gasteiger partial charge in [0.1, 0.15) is 5.75 Å². The normalized spacial score (nSPS) is 21.8. The van der Waals surface area contributed by atoms with Crippen molar-refractivity contribution in [1.29, 1.82) is 0 Å². The number of carbonyl (C=O) groups excluding carboxylic acids is 1. The van der Waals surface area contributed by atoms with Gasteiger partial charge in [-0.1, -0.05) is 12.1 Å². The minimum absolute atomic E-state index is 0.116. The Hall–Kier alpha value is -2.00. The summed E-state index contributed by atoms with van der Waals surface area (Å²) in [7, 11) is -1.55. The number of amides is 2. The van der Waals surface area contributed by atoms with Gasteiger partial charge in [0.2, 0.25) is 10.0 Å². The molecular formula is C18H28N4O4S. The molecule has 2 fully saturated rings. The lowest BCUT2D eigenvalue weighted by Gasteiger charge is -2.38. The maximum atomic E-state index is 12.6. The van der Waals surface area contributed by atoms with E-state index in [-0.39, 0.29) is 12.1 Å². The number of sulfonamides is 1. The highest BCUT2D eigenvalue weighted by Crippen LogP contribution is 2.28. The molecule has 1 atom stereocenters. The predicted molar refractivity (Wildman–Crippen MR) is 105 cm³/mol. The van der Waals surface area contributed by atoms with Crippen molar-refractivity contribution >= 4 is 21.7 Å². The molecule has 0 bridgehead atoms. The molecule has 0 aliphatic carbocycles. The number of benzene rings is 1. The summed E-state index contributed by atoms with van der Waals surface area (Å²) >= 11 is 0. The third-order valence-corrected chi connectivity index (χ3v) is 6.44. The Labute approximate surface area is 161 Å². The van der Waals surface area contributed by atoms with Crippen molar-refractivity contribution in [2.75, 3.05) is 57.5 Å². The molecule has 3 rings (SSSR count). The van der Waals surface area contributed by atoms with Crippen molar-refractivity contribution in [2.24, 2.45) is 0 Å². The van der Waals surface area contributed by atoms with Crippen LogP contribution in [0.4, 0.5) is 10.5 Å². The highest BCUT2D eigenvalue weighted by atomic mass is 32.2. The van der Waals surface area contributed by atoms with Crippen LogP contribution in [-0.4, -0.2) is 82.3 Å². The van der Waals surface area contributed by atoms with Crippen LogP contribution in [0.5, 0.6) is 5.75 Å². The Morgan fingerprint density at radius 3 is 2.52 bits per heavy atom. The van der Waals surface area contributed by atoms with Crippen LogP contribution in [0.2, 0.25) is 0 Å². The van der Waals surface area contributed by atoms with Crippen LogP contribution in [0, 0.1) is 0 Å². The minimum atomic E-state index is -3.21. The Kier molecular flexibility index (Phi) is 6.11. The van der Waals surface area contributed by atoms with Crippen molar-refractivity contribution in [2.45, 2.75) is 18.9 Å². The summed E-state index contributed by atoms with van der Waals surface area (Å²) in [5.41, 5.74) is 1.04. The van der Waals surface area contributed by atoms with Gasteiger partial charge >= 0.3 is 6.03 Å². The van der Waals surface area contributed by atoms with E-state index in [1.54, 1.807) is 12.0 Å². The molecule has 2 heterocycles. The van der Waals surface area contributed by atoms with E-state index in [1.807, 2.05) is 24.3 Å². The summed E-state index contributed by atoms with van der Waals surface area (Å²) in [6, 6.07) is 7.63. The van der Waals surface area contributed by atoms with Gasteiger partial charge in [0.25, 0.3) is 0 Å². The largest absolute Gasteiger partial charge is 0.495 e. The van der Waals surface area contributed by atoms with E-state index in [4.69, 9.17) is 4.74 Å². The quantitative estimate of drug-likeness (QED) is 0.820. The van der Waals surface area contributed by atoms with Crippen LogP contribution in [0.3, 0.4) is 0 Å². The highest BCUT2D eigenvalue weighted by Gasteiger charge is 2.29. The lowest BCUT2D eigenvalue weighted by molar-refractivity contribution is 0.183. The van der Waals surface area contributed by atoms with Crippen molar-refractivity contribution in [1.82, 2.24) is 14.5 Å². The molecule has 0 saturated carbocycles. The maximum Gasteiger partial charge on any atom is 0.317 e. The number of carbonyl (C=O) groups is 1. The summed E-state index contributed by atoms with van der Waals surface area (Å²) in [5.74, 6) is 0.832. The number of piperazine rings is 1. The molecule has 0 aromatic heterocycles. The number of ether oxygens (including phenoxy) is 1. The van der Waals surface area contributed by atoms with Gasteiger partial charge in [-0.25, -0.2) is 17.5 Å². The minimum Gasteiger partial charge on any atom is -0.495 e. The molecule has 2 amide bonds. The standard InChI is InChI=1S/C18H28N4O4S/c1-26-17-8-4-3-7-16(17)20-10-12-21(13-11-20)18(23)19-15-6-5-9-22(14-15)27(2,24)25/h3-4,7-8,15H,5-6,9-14H2,1-2H3,(H,19,23). The molecule has 0 spiro atoms. The van der Waals surface area contributed by atoms with Gasteiger partial charge in [0.15, 0.2) is 0 Å². The first-order valence-electron chi connectivity index (χ1n) is 9.27. The fourth-order valence-electron chi connectivity index (χ4n) is 3.67. The Morgan fingerprint density at radius 1 is 1.15 bits per heavy atom. The first kappa shape index (κ1) is 19.8.